The highest BCUT2D eigenvalue weighted by molar-refractivity contribution is 5.43. The summed E-state index contributed by atoms with van der Waals surface area (Å²) in [4.78, 5) is 0. The van der Waals surface area contributed by atoms with Gasteiger partial charge in [-0.1, -0.05) is 26.0 Å². The molecule has 0 saturated heterocycles. The Hall–Kier alpha value is -1.02. The number of phenols is 1. The fraction of sp³-hybridized carbons (Fsp3) is 0.571. The maximum Gasteiger partial charge on any atom is 0.119 e. The molecule has 1 aliphatic carbocycles. The van der Waals surface area contributed by atoms with Crippen molar-refractivity contribution in [3.05, 3.63) is 29.3 Å². The van der Waals surface area contributed by atoms with Gasteiger partial charge in [0.15, 0.2) is 0 Å². The number of hydrogen-bond donors (Lipinski definition) is 2. The molecule has 0 fully saturated rings. The van der Waals surface area contributed by atoms with Crippen molar-refractivity contribution in [3.8, 4) is 5.75 Å². The molecule has 1 aromatic rings. The molecule has 0 aliphatic heterocycles. The zero-order valence-corrected chi connectivity index (χ0v) is 10.2. The van der Waals surface area contributed by atoms with E-state index in [1.807, 2.05) is 6.07 Å². The molecule has 2 rings (SSSR count). The second-order valence-corrected chi connectivity index (χ2v) is 4.73. The van der Waals surface area contributed by atoms with Crippen molar-refractivity contribution in [1.29, 1.82) is 0 Å². The van der Waals surface area contributed by atoms with E-state index >= 15 is 0 Å². The predicted molar refractivity (Wildman–Crippen MR) is 66.9 cm³/mol. The molecule has 0 spiro atoms. The molecule has 16 heavy (non-hydrogen) atoms. The first-order valence-corrected chi connectivity index (χ1v) is 6.28. The number of rotatable bonds is 3. The van der Waals surface area contributed by atoms with Gasteiger partial charge in [0, 0.05) is 6.04 Å². The minimum atomic E-state index is 0.471. The number of hydrogen-bond acceptors (Lipinski definition) is 2. The Kier molecular flexibility index (Phi) is 3.49. The third-order valence-corrected chi connectivity index (χ3v) is 3.64. The van der Waals surface area contributed by atoms with Crippen molar-refractivity contribution in [2.75, 3.05) is 6.54 Å². The molecule has 88 valence electrons. The van der Waals surface area contributed by atoms with Crippen LogP contribution in [-0.4, -0.2) is 17.7 Å². The quantitative estimate of drug-likeness (QED) is 0.819. The van der Waals surface area contributed by atoms with Gasteiger partial charge in [-0.05, 0) is 48.9 Å². The van der Waals surface area contributed by atoms with Crippen molar-refractivity contribution < 1.29 is 5.11 Å². The second-order valence-electron chi connectivity index (χ2n) is 4.73. The van der Waals surface area contributed by atoms with Gasteiger partial charge in [-0.3, -0.25) is 0 Å². The fourth-order valence-corrected chi connectivity index (χ4v) is 2.67. The topological polar surface area (TPSA) is 32.3 Å². The lowest BCUT2D eigenvalue weighted by atomic mass is 9.80. The van der Waals surface area contributed by atoms with Gasteiger partial charge < -0.3 is 10.4 Å². The average Bonchev–Trinajstić information content (AvgIpc) is 2.29. The SMILES string of the molecule is CCCNC1CCc2c(O)cccc2C1C. The minimum absolute atomic E-state index is 0.471. The van der Waals surface area contributed by atoms with Crippen LogP contribution in [0.5, 0.6) is 5.75 Å². The third-order valence-electron chi connectivity index (χ3n) is 3.64. The van der Waals surface area contributed by atoms with Gasteiger partial charge in [-0.15, -0.1) is 0 Å². The van der Waals surface area contributed by atoms with E-state index in [4.69, 9.17) is 0 Å². The van der Waals surface area contributed by atoms with Crippen molar-refractivity contribution in [2.24, 2.45) is 0 Å². The number of phenolic OH excluding ortho intramolecular Hbond substituents is 1. The normalized spacial score (nSPS) is 24.1. The maximum absolute atomic E-state index is 9.82. The summed E-state index contributed by atoms with van der Waals surface area (Å²) in [5.41, 5.74) is 2.48. The summed E-state index contributed by atoms with van der Waals surface area (Å²) in [6.45, 7) is 5.54. The molecule has 0 bridgehead atoms. The summed E-state index contributed by atoms with van der Waals surface area (Å²) in [5.74, 6) is 0.973. The highest BCUT2D eigenvalue weighted by Gasteiger charge is 2.26. The van der Waals surface area contributed by atoms with Crippen LogP contribution in [-0.2, 0) is 6.42 Å². The van der Waals surface area contributed by atoms with Crippen LogP contribution in [0, 0.1) is 0 Å². The van der Waals surface area contributed by atoms with E-state index in [0.29, 0.717) is 17.7 Å². The summed E-state index contributed by atoms with van der Waals surface area (Å²) in [7, 11) is 0. The number of nitrogens with one attached hydrogen (secondary N) is 1. The largest absolute Gasteiger partial charge is 0.508 e. The van der Waals surface area contributed by atoms with Crippen LogP contribution in [0.3, 0.4) is 0 Å². The molecule has 2 unspecified atom stereocenters. The summed E-state index contributed by atoms with van der Waals surface area (Å²) >= 11 is 0. The summed E-state index contributed by atoms with van der Waals surface area (Å²) < 4.78 is 0. The van der Waals surface area contributed by atoms with E-state index in [-0.39, 0.29) is 0 Å². The highest BCUT2D eigenvalue weighted by atomic mass is 16.3. The van der Waals surface area contributed by atoms with E-state index in [9.17, 15) is 5.11 Å². The Bertz CT molecular complexity index is 362. The highest BCUT2D eigenvalue weighted by Crippen LogP contribution is 2.35. The summed E-state index contributed by atoms with van der Waals surface area (Å²) in [5, 5.41) is 13.4. The zero-order chi connectivity index (χ0) is 11.5. The molecular formula is C14H21NO. The van der Waals surface area contributed by atoms with Gasteiger partial charge in [-0.2, -0.15) is 0 Å². The molecule has 2 N–H and O–H groups in total. The molecule has 1 aromatic carbocycles. The first kappa shape index (κ1) is 11.5. The van der Waals surface area contributed by atoms with Gasteiger partial charge >= 0.3 is 0 Å². The maximum atomic E-state index is 9.82. The molecule has 0 radical (unpaired) electrons. The van der Waals surface area contributed by atoms with E-state index in [0.717, 1.165) is 24.9 Å². The van der Waals surface area contributed by atoms with E-state index in [2.05, 4.69) is 25.2 Å². The summed E-state index contributed by atoms with van der Waals surface area (Å²) in [6, 6.07) is 6.46. The number of fused-ring (bicyclic) bond motifs is 1. The Balaban J connectivity index is 2.18. The van der Waals surface area contributed by atoms with Gasteiger partial charge in [0.1, 0.15) is 5.75 Å². The third kappa shape index (κ3) is 2.07. The smallest absolute Gasteiger partial charge is 0.119 e. The van der Waals surface area contributed by atoms with Crippen LogP contribution in [0.4, 0.5) is 0 Å². The number of aromatic hydroxyl groups is 1. The number of benzene rings is 1. The van der Waals surface area contributed by atoms with E-state index in [1.165, 1.54) is 12.0 Å². The van der Waals surface area contributed by atoms with Crippen LogP contribution < -0.4 is 5.32 Å². The lowest BCUT2D eigenvalue weighted by Crippen LogP contribution is -2.37. The van der Waals surface area contributed by atoms with Crippen LogP contribution >= 0.6 is 0 Å². The first-order chi connectivity index (χ1) is 7.74. The lowest BCUT2D eigenvalue weighted by molar-refractivity contribution is 0.392. The van der Waals surface area contributed by atoms with Gasteiger partial charge in [0.05, 0.1) is 0 Å². The molecular weight excluding hydrogens is 198 g/mol. The van der Waals surface area contributed by atoms with Crippen molar-refractivity contribution in [1.82, 2.24) is 5.32 Å². The van der Waals surface area contributed by atoms with Crippen molar-refractivity contribution >= 4 is 0 Å². The molecule has 0 aromatic heterocycles. The van der Waals surface area contributed by atoms with E-state index < -0.39 is 0 Å². The second kappa shape index (κ2) is 4.88. The standard InChI is InChI=1S/C14H21NO/c1-3-9-15-13-8-7-12-11(10(13)2)5-4-6-14(12)16/h4-6,10,13,15-16H,3,7-9H2,1-2H3. The van der Waals surface area contributed by atoms with Crippen molar-refractivity contribution in [3.63, 3.8) is 0 Å². The molecule has 0 heterocycles. The minimum Gasteiger partial charge on any atom is -0.508 e. The predicted octanol–water partition coefficient (Wildman–Crippen LogP) is 2.81. The Morgan fingerprint density at radius 3 is 3.00 bits per heavy atom. The molecule has 0 amide bonds. The van der Waals surface area contributed by atoms with Crippen LogP contribution in [0.15, 0.2) is 18.2 Å². The van der Waals surface area contributed by atoms with Gasteiger partial charge in [0.2, 0.25) is 0 Å². The Morgan fingerprint density at radius 1 is 1.44 bits per heavy atom. The first-order valence-electron chi connectivity index (χ1n) is 6.28. The summed E-state index contributed by atoms with van der Waals surface area (Å²) in [6.07, 6.45) is 3.30. The van der Waals surface area contributed by atoms with Crippen LogP contribution in [0.2, 0.25) is 0 Å². The zero-order valence-electron chi connectivity index (χ0n) is 10.2. The Labute approximate surface area is 97.7 Å². The average molecular weight is 219 g/mol. The molecule has 2 heteroatoms. The molecule has 2 atom stereocenters. The lowest BCUT2D eigenvalue weighted by Gasteiger charge is -2.32. The molecule has 2 nitrogen and oxygen atoms in total. The molecule has 0 saturated carbocycles. The van der Waals surface area contributed by atoms with Crippen molar-refractivity contribution in [2.45, 2.75) is 45.1 Å². The molecule has 1 aliphatic rings. The van der Waals surface area contributed by atoms with Gasteiger partial charge in [0.25, 0.3) is 0 Å². The van der Waals surface area contributed by atoms with E-state index in [1.54, 1.807) is 6.07 Å². The Morgan fingerprint density at radius 2 is 2.25 bits per heavy atom. The fourth-order valence-electron chi connectivity index (χ4n) is 2.67. The van der Waals surface area contributed by atoms with Crippen LogP contribution in [0.25, 0.3) is 0 Å². The monoisotopic (exact) mass is 219 g/mol. The van der Waals surface area contributed by atoms with Gasteiger partial charge in [-0.25, -0.2) is 0 Å². The van der Waals surface area contributed by atoms with Crippen LogP contribution in [0.1, 0.15) is 43.7 Å².